The van der Waals surface area contributed by atoms with Gasteiger partial charge in [-0.1, -0.05) is 20.8 Å². The van der Waals surface area contributed by atoms with Crippen LogP contribution in [0.1, 0.15) is 27.2 Å². The molecule has 2 rings (SSSR count). The van der Waals surface area contributed by atoms with Crippen LogP contribution < -0.4 is 5.32 Å². The van der Waals surface area contributed by atoms with Crippen LogP contribution in [0.25, 0.3) is 0 Å². The van der Waals surface area contributed by atoms with Crippen LogP contribution in [-0.4, -0.2) is 69.5 Å². The van der Waals surface area contributed by atoms with Gasteiger partial charge in [-0.3, -0.25) is 10.2 Å². The number of aromatic nitrogens is 2. The van der Waals surface area contributed by atoms with Gasteiger partial charge in [0.1, 0.15) is 5.82 Å². The smallest absolute Gasteiger partial charge is 0.323 e. The Bertz CT molecular complexity index is 490. The molecular weight excluding hydrogens is 294 g/mol. The Hall–Kier alpha value is -1.60. The van der Waals surface area contributed by atoms with E-state index in [0.717, 1.165) is 31.9 Å². The van der Waals surface area contributed by atoms with Crippen molar-refractivity contribution in [3.63, 3.8) is 0 Å². The minimum Gasteiger partial charge on any atom is -0.395 e. The summed E-state index contributed by atoms with van der Waals surface area (Å²) in [6, 6.07) is 1.95. The highest BCUT2D eigenvalue weighted by molar-refractivity contribution is 5.88. The average molecular weight is 323 g/mol. The number of amides is 2. The Morgan fingerprint density at radius 1 is 1.35 bits per heavy atom. The highest BCUT2D eigenvalue weighted by atomic mass is 16.3. The molecular formula is C16H29N5O2. The molecule has 1 aliphatic heterocycles. The van der Waals surface area contributed by atoms with Gasteiger partial charge in [0.15, 0.2) is 0 Å². The van der Waals surface area contributed by atoms with Crippen LogP contribution >= 0.6 is 0 Å². The van der Waals surface area contributed by atoms with Crippen LogP contribution in [0.3, 0.4) is 0 Å². The number of carbonyl (C=O) groups is 1. The lowest BCUT2D eigenvalue weighted by Gasteiger charge is -2.38. The predicted octanol–water partition coefficient (Wildman–Crippen LogP) is 1.46. The highest BCUT2D eigenvalue weighted by Gasteiger charge is 2.25. The van der Waals surface area contributed by atoms with Crippen molar-refractivity contribution < 1.29 is 9.90 Å². The molecule has 0 spiro atoms. The maximum Gasteiger partial charge on any atom is 0.323 e. The lowest BCUT2D eigenvalue weighted by Crippen LogP contribution is -2.53. The Morgan fingerprint density at radius 3 is 2.61 bits per heavy atom. The van der Waals surface area contributed by atoms with Crippen molar-refractivity contribution in [2.75, 3.05) is 38.1 Å². The van der Waals surface area contributed by atoms with E-state index in [1.807, 2.05) is 15.6 Å². The fourth-order valence-electron chi connectivity index (χ4n) is 2.91. The number of urea groups is 1. The third-order valence-corrected chi connectivity index (χ3v) is 4.29. The molecule has 1 aromatic heterocycles. The van der Waals surface area contributed by atoms with Crippen LogP contribution in [0, 0.1) is 5.92 Å². The van der Waals surface area contributed by atoms with Crippen LogP contribution in [-0.2, 0) is 6.54 Å². The number of rotatable bonds is 6. The van der Waals surface area contributed by atoms with Gasteiger partial charge in [-0.2, -0.15) is 5.10 Å². The Morgan fingerprint density at radius 2 is 2.04 bits per heavy atom. The molecule has 23 heavy (non-hydrogen) atoms. The van der Waals surface area contributed by atoms with Crippen LogP contribution in [0.2, 0.25) is 0 Å². The van der Waals surface area contributed by atoms with Crippen LogP contribution in [0.15, 0.2) is 12.3 Å². The molecule has 2 amide bonds. The van der Waals surface area contributed by atoms with Crippen LogP contribution in [0.5, 0.6) is 0 Å². The van der Waals surface area contributed by atoms with Gasteiger partial charge in [-0.05, 0) is 12.3 Å². The first-order valence-electron chi connectivity index (χ1n) is 8.47. The Balaban J connectivity index is 1.87. The Kier molecular flexibility index (Phi) is 6.41. The first-order chi connectivity index (χ1) is 11.0. The molecule has 1 unspecified atom stereocenters. The molecule has 130 valence electrons. The molecule has 0 bridgehead atoms. The molecule has 0 aliphatic carbocycles. The summed E-state index contributed by atoms with van der Waals surface area (Å²) in [5.41, 5.74) is 0. The maximum atomic E-state index is 12.4. The minimum atomic E-state index is -0.0767. The van der Waals surface area contributed by atoms with Crippen molar-refractivity contribution >= 4 is 11.8 Å². The van der Waals surface area contributed by atoms with E-state index in [1.165, 1.54) is 0 Å². The van der Waals surface area contributed by atoms with Crippen molar-refractivity contribution in [1.82, 2.24) is 19.6 Å². The molecule has 0 saturated carbocycles. The van der Waals surface area contributed by atoms with E-state index >= 15 is 0 Å². The number of piperazine rings is 1. The molecule has 1 fully saturated rings. The summed E-state index contributed by atoms with van der Waals surface area (Å²) in [7, 11) is 0. The van der Waals surface area contributed by atoms with Crippen molar-refractivity contribution in [1.29, 1.82) is 0 Å². The summed E-state index contributed by atoms with van der Waals surface area (Å²) in [4.78, 5) is 16.5. The molecule has 1 atom stereocenters. The van der Waals surface area contributed by atoms with Crippen molar-refractivity contribution in [3.05, 3.63) is 12.3 Å². The van der Waals surface area contributed by atoms with Gasteiger partial charge in [0.2, 0.25) is 0 Å². The van der Waals surface area contributed by atoms with Crippen molar-refractivity contribution in [2.45, 2.75) is 39.8 Å². The van der Waals surface area contributed by atoms with Crippen molar-refractivity contribution in [3.8, 4) is 0 Å². The topological polar surface area (TPSA) is 73.6 Å². The fraction of sp³-hybridized carbons (Fsp3) is 0.750. The number of hydrogen-bond donors (Lipinski definition) is 2. The normalized spacial score (nSPS) is 17.5. The van der Waals surface area contributed by atoms with Gasteiger partial charge in [0.05, 0.1) is 12.8 Å². The molecule has 2 N–H and O–H groups in total. The van der Waals surface area contributed by atoms with E-state index < -0.39 is 0 Å². The molecule has 0 aromatic carbocycles. The first kappa shape index (κ1) is 17.7. The quantitative estimate of drug-likeness (QED) is 0.831. The summed E-state index contributed by atoms with van der Waals surface area (Å²) in [5.74, 6) is 1.21. The minimum absolute atomic E-state index is 0.0767. The van der Waals surface area contributed by atoms with E-state index in [4.69, 9.17) is 0 Å². The van der Waals surface area contributed by atoms with E-state index in [1.54, 1.807) is 6.20 Å². The standard InChI is InChI=1S/C16H29N5O2/c1-4-14(12-22)19-7-9-20(10-8-19)16(23)18-15-5-6-17-21(15)11-13(2)3/h5-6,13-14,22H,4,7-12H2,1-3H3,(H,18,23). The third-order valence-electron chi connectivity index (χ3n) is 4.29. The number of nitrogens with one attached hydrogen (secondary N) is 1. The molecule has 1 aliphatic rings. The zero-order valence-electron chi connectivity index (χ0n) is 14.4. The Labute approximate surface area is 138 Å². The third kappa shape index (κ3) is 4.68. The highest BCUT2D eigenvalue weighted by Crippen LogP contribution is 2.13. The van der Waals surface area contributed by atoms with E-state index in [2.05, 4.69) is 36.1 Å². The SMILES string of the molecule is CCC(CO)N1CCN(C(=O)Nc2ccnn2CC(C)C)CC1. The molecule has 2 heterocycles. The number of aliphatic hydroxyl groups excluding tert-OH is 1. The monoisotopic (exact) mass is 323 g/mol. The zero-order valence-corrected chi connectivity index (χ0v) is 14.4. The second-order valence-electron chi connectivity index (χ2n) is 6.49. The largest absolute Gasteiger partial charge is 0.395 e. The van der Waals surface area contributed by atoms with Gasteiger partial charge in [0.25, 0.3) is 0 Å². The average Bonchev–Trinajstić information content (AvgIpc) is 2.95. The lowest BCUT2D eigenvalue weighted by molar-refractivity contribution is 0.0765. The summed E-state index contributed by atoms with van der Waals surface area (Å²) in [6.45, 7) is 10.3. The summed E-state index contributed by atoms with van der Waals surface area (Å²) in [5, 5.41) is 16.6. The predicted molar refractivity (Wildman–Crippen MR) is 90.4 cm³/mol. The number of nitrogens with zero attached hydrogens (tertiary/aromatic N) is 4. The number of aliphatic hydroxyl groups is 1. The number of carbonyl (C=O) groups excluding carboxylic acids is 1. The van der Waals surface area contributed by atoms with E-state index in [9.17, 15) is 9.90 Å². The first-order valence-corrected chi connectivity index (χ1v) is 8.47. The van der Waals surface area contributed by atoms with Gasteiger partial charge in [-0.15, -0.1) is 0 Å². The second-order valence-corrected chi connectivity index (χ2v) is 6.49. The van der Waals surface area contributed by atoms with E-state index in [-0.39, 0.29) is 18.7 Å². The van der Waals surface area contributed by atoms with Crippen LogP contribution in [0.4, 0.5) is 10.6 Å². The number of anilines is 1. The van der Waals surface area contributed by atoms with Gasteiger partial charge >= 0.3 is 6.03 Å². The molecule has 1 saturated heterocycles. The van der Waals surface area contributed by atoms with Gasteiger partial charge in [-0.25, -0.2) is 9.48 Å². The molecule has 0 radical (unpaired) electrons. The van der Waals surface area contributed by atoms with Gasteiger partial charge < -0.3 is 10.0 Å². The maximum absolute atomic E-state index is 12.4. The van der Waals surface area contributed by atoms with Crippen molar-refractivity contribution in [2.24, 2.45) is 5.92 Å². The summed E-state index contributed by atoms with van der Waals surface area (Å²) in [6.07, 6.45) is 2.64. The van der Waals surface area contributed by atoms with Gasteiger partial charge in [0, 0.05) is 44.8 Å². The molecule has 1 aromatic rings. The van der Waals surface area contributed by atoms with E-state index in [0.29, 0.717) is 19.0 Å². The second kappa shape index (κ2) is 8.31. The lowest BCUT2D eigenvalue weighted by atomic mass is 10.2. The number of hydrogen-bond acceptors (Lipinski definition) is 4. The molecule has 7 nitrogen and oxygen atoms in total. The summed E-state index contributed by atoms with van der Waals surface area (Å²) >= 11 is 0. The summed E-state index contributed by atoms with van der Waals surface area (Å²) < 4.78 is 1.83. The zero-order chi connectivity index (χ0) is 16.8. The molecule has 7 heteroatoms. The fourth-order valence-corrected chi connectivity index (χ4v) is 2.91.